The molecule has 0 spiro atoms. The Hall–Kier alpha value is -3.42. The van der Waals surface area contributed by atoms with Gasteiger partial charge < -0.3 is 20.1 Å². The highest BCUT2D eigenvalue weighted by Gasteiger charge is 2.17. The Bertz CT molecular complexity index is 1430. The Morgan fingerprint density at radius 1 is 0.579 bits per heavy atom. The fraction of sp³-hybridized carbons (Fsp3) is 0.0714. The van der Waals surface area contributed by atoms with Crippen molar-refractivity contribution >= 4 is 69.6 Å². The maximum Gasteiger partial charge on any atom is 0.257 e. The average Bonchev–Trinajstić information content (AvgIpc) is 2.89. The van der Waals surface area contributed by atoms with Gasteiger partial charge in [-0.25, -0.2) is 0 Å². The van der Waals surface area contributed by atoms with Gasteiger partial charge in [0.2, 0.25) is 0 Å². The number of nitrogens with one attached hydrogen (secondary N) is 2. The van der Waals surface area contributed by atoms with Gasteiger partial charge in [-0.2, -0.15) is 0 Å². The number of methoxy groups -OCH3 is 2. The van der Waals surface area contributed by atoms with E-state index >= 15 is 0 Å². The molecule has 38 heavy (non-hydrogen) atoms. The van der Waals surface area contributed by atoms with Gasteiger partial charge in [0, 0.05) is 10.0 Å². The Labute approximate surface area is 239 Å². The molecule has 4 rings (SSSR count). The van der Waals surface area contributed by atoms with E-state index in [-0.39, 0.29) is 21.2 Å². The summed E-state index contributed by atoms with van der Waals surface area (Å²) in [6.07, 6.45) is 0. The molecule has 10 heteroatoms. The summed E-state index contributed by atoms with van der Waals surface area (Å²) in [4.78, 5) is 25.5. The van der Waals surface area contributed by atoms with Crippen LogP contribution in [0, 0.1) is 0 Å². The van der Waals surface area contributed by atoms with Gasteiger partial charge in [-0.15, -0.1) is 0 Å². The van der Waals surface area contributed by atoms with E-state index in [0.29, 0.717) is 32.9 Å². The quantitative estimate of drug-likeness (QED) is 0.226. The van der Waals surface area contributed by atoms with E-state index in [9.17, 15) is 9.59 Å². The zero-order valence-electron chi connectivity index (χ0n) is 20.1. The largest absolute Gasteiger partial charge is 0.495 e. The van der Waals surface area contributed by atoms with Crippen LogP contribution in [0.25, 0.3) is 11.1 Å². The van der Waals surface area contributed by atoms with E-state index in [0.717, 1.165) is 11.1 Å². The van der Waals surface area contributed by atoms with Gasteiger partial charge in [0.25, 0.3) is 11.8 Å². The van der Waals surface area contributed by atoms with Crippen molar-refractivity contribution in [1.82, 2.24) is 0 Å². The molecule has 2 amide bonds. The minimum absolute atomic E-state index is 0.239. The van der Waals surface area contributed by atoms with Crippen molar-refractivity contribution in [3.63, 3.8) is 0 Å². The van der Waals surface area contributed by atoms with Gasteiger partial charge in [0.1, 0.15) is 11.5 Å². The first-order chi connectivity index (χ1) is 18.2. The summed E-state index contributed by atoms with van der Waals surface area (Å²) >= 11 is 24.2. The highest BCUT2D eigenvalue weighted by molar-refractivity contribution is 6.38. The van der Waals surface area contributed by atoms with E-state index in [1.807, 2.05) is 12.1 Å². The maximum atomic E-state index is 12.8. The fourth-order valence-electron chi connectivity index (χ4n) is 3.67. The van der Waals surface area contributed by atoms with Crippen LogP contribution in [0.2, 0.25) is 20.1 Å². The SMILES string of the molecule is COc1cc(-c2ccc(NC(=O)c3ccc(Cl)cc3Cl)c(OC)c2)ccc1NC(=O)c1ccc(Cl)cc1Cl. The van der Waals surface area contributed by atoms with Crippen molar-refractivity contribution in [2.45, 2.75) is 0 Å². The lowest BCUT2D eigenvalue weighted by Gasteiger charge is -2.15. The van der Waals surface area contributed by atoms with Crippen LogP contribution in [0.15, 0.2) is 72.8 Å². The van der Waals surface area contributed by atoms with Gasteiger partial charge in [0.15, 0.2) is 0 Å². The molecule has 0 bridgehead atoms. The van der Waals surface area contributed by atoms with Crippen LogP contribution in [0.4, 0.5) is 11.4 Å². The minimum atomic E-state index is -0.403. The lowest BCUT2D eigenvalue weighted by molar-refractivity contribution is 0.101. The molecule has 4 aromatic rings. The van der Waals surface area contributed by atoms with Crippen LogP contribution in [-0.4, -0.2) is 26.0 Å². The summed E-state index contributed by atoms with van der Waals surface area (Å²) in [6, 6.07) is 19.9. The summed E-state index contributed by atoms with van der Waals surface area (Å²) in [6.45, 7) is 0. The number of hydrogen-bond donors (Lipinski definition) is 2. The van der Waals surface area contributed by atoms with Crippen LogP contribution in [0.5, 0.6) is 11.5 Å². The Morgan fingerprint density at radius 2 is 0.974 bits per heavy atom. The second-order valence-corrected chi connectivity index (χ2v) is 9.67. The topological polar surface area (TPSA) is 76.7 Å². The molecular weight excluding hydrogens is 570 g/mol. The molecule has 0 radical (unpaired) electrons. The van der Waals surface area contributed by atoms with Crippen LogP contribution in [-0.2, 0) is 0 Å². The van der Waals surface area contributed by atoms with E-state index < -0.39 is 11.8 Å². The second kappa shape index (κ2) is 12.0. The van der Waals surface area contributed by atoms with Crippen LogP contribution < -0.4 is 20.1 Å². The molecule has 6 nitrogen and oxygen atoms in total. The monoisotopic (exact) mass is 588 g/mol. The molecule has 0 aliphatic rings. The van der Waals surface area contributed by atoms with Gasteiger partial charge >= 0.3 is 0 Å². The second-order valence-electron chi connectivity index (χ2n) is 7.99. The highest BCUT2D eigenvalue weighted by atomic mass is 35.5. The molecular formula is C28H20Cl4N2O4. The molecule has 0 unspecified atom stereocenters. The number of halogens is 4. The summed E-state index contributed by atoms with van der Waals surface area (Å²) in [5, 5.41) is 6.97. The molecule has 0 fully saturated rings. The molecule has 2 N–H and O–H groups in total. The number of hydrogen-bond acceptors (Lipinski definition) is 4. The van der Waals surface area contributed by atoms with E-state index in [4.69, 9.17) is 55.9 Å². The minimum Gasteiger partial charge on any atom is -0.495 e. The molecule has 0 saturated carbocycles. The molecule has 0 atom stereocenters. The summed E-state index contributed by atoms with van der Waals surface area (Å²) < 4.78 is 11.0. The Morgan fingerprint density at radius 3 is 1.32 bits per heavy atom. The molecule has 0 saturated heterocycles. The third kappa shape index (κ3) is 6.17. The van der Waals surface area contributed by atoms with Gasteiger partial charge in [-0.3, -0.25) is 9.59 Å². The smallest absolute Gasteiger partial charge is 0.257 e. The molecule has 194 valence electrons. The number of amides is 2. The lowest BCUT2D eigenvalue weighted by atomic mass is 10.0. The number of rotatable bonds is 7. The van der Waals surface area contributed by atoms with Crippen LogP contribution >= 0.6 is 46.4 Å². The van der Waals surface area contributed by atoms with Gasteiger partial charge in [-0.05, 0) is 71.8 Å². The highest BCUT2D eigenvalue weighted by Crippen LogP contribution is 2.36. The summed E-state index contributed by atoms with van der Waals surface area (Å²) in [7, 11) is 3.01. The van der Waals surface area contributed by atoms with Crippen LogP contribution in [0.3, 0.4) is 0 Å². The van der Waals surface area contributed by atoms with E-state index in [1.54, 1.807) is 48.5 Å². The zero-order valence-corrected chi connectivity index (χ0v) is 23.1. The van der Waals surface area contributed by atoms with Crippen molar-refractivity contribution < 1.29 is 19.1 Å². The van der Waals surface area contributed by atoms with Crippen molar-refractivity contribution in [2.24, 2.45) is 0 Å². The molecule has 0 aliphatic carbocycles. The maximum absolute atomic E-state index is 12.8. The van der Waals surface area contributed by atoms with E-state index in [2.05, 4.69) is 10.6 Å². The Kier molecular flexibility index (Phi) is 8.69. The number of benzene rings is 4. The van der Waals surface area contributed by atoms with Crippen molar-refractivity contribution in [3.8, 4) is 22.6 Å². The first-order valence-corrected chi connectivity index (χ1v) is 12.6. The summed E-state index contributed by atoms with van der Waals surface area (Å²) in [5.41, 5.74) is 3.07. The zero-order chi connectivity index (χ0) is 27.4. The van der Waals surface area contributed by atoms with Crippen molar-refractivity contribution in [2.75, 3.05) is 24.9 Å². The van der Waals surface area contributed by atoms with Gasteiger partial charge in [-0.1, -0.05) is 58.5 Å². The first-order valence-electron chi connectivity index (χ1n) is 11.1. The average molecular weight is 590 g/mol. The number of anilines is 2. The third-order valence-corrected chi connectivity index (χ3v) is 6.68. The summed E-state index contributed by atoms with van der Waals surface area (Å²) in [5.74, 6) is 0.0740. The predicted molar refractivity (Wildman–Crippen MR) is 154 cm³/mol. The van der Waals surface area contributed by atoms with Gasteiger partial charge in [0.05, 0.1) is 46.8 Å². The number of carbonyl (C=O) groups is 2. The number of carbonyl (C=O) groups excluding carboxylic acids is 2. The fourth-order valence-corrected chi connectivity index (χ4v) is 4.66. The Balaban J connectivity index is 1.57. The van der Waals surface area contributed by atoms with Crippen molar-refractivity contribution in [3.05, 3.63) is 104 Å². The predicted octanol–water partition coefficient (Wildman–Crippen LogP) is 8.49. The standard InChI is InChI=1S/C28H20Cl4N2O4/c1-37-25-11-15(3-9-23(25)33-27(35)19-7-5-17(29)13-21(19)31)16-4-10-24(26(12-16)38-2)34-28(36)20-8-6-18(30)14-22(20)32/h3-14H,1-2H3,(H,33,35)(H,34,36). The molecule has 0 heterocycles. The molecule has 0 aliphatic heterocycles. The number of ether oxygens (including phenoxy) is 2. The van der Waals surface area contributed by atoms with E-state index in [1.165, 1.54) is 26.4 Å². The lowest BCUT2D eigenvalue weighted by Crippen LogP contribution is -2.13. The molecule has 0 aromatic heterocycles. The third-order valence-electron chi connectivity index (χ3n) is 5.58. The molecule has 4 aromatic carbocycles. The van der Waals surface area contributed by atoms with Crippen LogP contribution in [0.1, 0.15) is 20.7 Å². The normalized spacial score (nSPS) is 10.6. The van der Waals surface area contributed by atoms with Crippen molar-refractivity contribution in [1.29, 1.82) is 0 Å². The first kappa shape index (κ1) is 27.6.